The smallest absolute Gasteiger partial charge is 0.131 e. The summed E-state index contributed by atoms with van der Waals surface area (Å²) < 4.78 is 1.06. The minimum Gasteiger partial charge on any atom is -0.356 e. The fourth-order valence-corrected chi connectivity index (χ4v) is 2.33. The summed E-state index contributed by atoms with van der Waals surface area (Å²) in [4.78, 5) is 6.99. The van der Waals surface area contributed by atoms with Gasteiger partial charge in [0.2, 0.25) is 0 Å². The lowest BCUT2D eigenvalue weighted by Gasteiger charge is -2.25. The van der Waals surface area contributed by atoms with Crippen LogP contribution >= 0.6 is 15.9 Å². The Morgan fingerprint density at radius 2 is 1.76 bits per heavy atom. The quantitative estimate of drug-likeness (QED) is 0.733. The standard InChI is InChI=1S/C14H23BrN2/c1-4-6-8-17(9-7-5-2)14-12(3)10-13(15)11-16-14/h10-11H,4-9H2,1-3H3. The number of nitrogens with zero attached hydrogens (tertiary/aromatic N) is 2. The van der Waals surface area contributed by atoms with Crippen LogP contribution in [0, 0.1) is 6.92 Å². The van der Waals surface area contributed by atoms with Crippen molar-refractivity contribution in [2.45, 2.75) is 46.5 Å². The minimum absolute atomic E-state index is 1.06. The molecule has 0 N–H and O–H groups in total. The molecule has 3 heteroatoms. The van der Waals surface area contributed by atoms with E-state index < -0.39 is 0 Å². The molecular weight excluding hydrogens is 276 g/mol. The average molecular weight is 299 g/mol. The van der Waals surface area contributed by atoms with Gasteiger partial charge in [-0.2, -0.15) is 0 Å². The van der Waals surface area contributed by atoms with E-state index in [1.165, 1.54) is 31.2 Å². The molecule has 1 aromatic rings. The van der Waals surface area contributed by atoms with Crippen molar-refractivity contribution in [2.75, 3.05) is 18.0 Å². The maximum absolute atomic E-state index is 4.56. The second kappa shape index (κ2) is 7.70. The molecule has 0 bridgehead atoms. The Hall–Kier alpha value is -0.570. The molecule has 0 amide bonds. The third-order valence-electron chi connectivity index (χ3n) is 2.88. The fourth-order valence-electron chi connectivity index (χ4n) is 1.89. The van der Waals surface area contributed by atoms with E-state index in [4.69, 9.17) is 0 Å². The van der Waals surface area contributed by atoms with Gasteiger partial charge in [0, 0.05) is 23.8 Å². The summed E-state index contributed by atoms with van der Waals surface area (Å²) >= 11 is 3.47. The van der Waals surface area contributed by atoms with Crippen molar-refractivity contribution in [1.82, 2.24) is 4.98 Å². The van der Waals surface area contributed by atoms with E-state index in [1.54, 1.807) is 0 Å². The molecule has 0 saturated carbocycles. The molecular formula is C14H23BrN2. The lowest BCUT2D eigenvalue weighted by Crippen LogP contribution is -2.27. The molecule has 0 fully saturated rings. The van der Waals surface area contributed by atoms with Gasteiger partial charge in [-0.1, -0.05) is 26.7 Å². The SMILES string of the molecule is CCCCN(CCCC)c1ncc(Br)cc1C. The van der Waals surface area contributed by atoms with Gasteiger partial charge in [-0.15, -0.1) is 0 Å². The lowest BCUT2D eigenvalue weighted by molar-refractivity contribution is 0.669. The highest BCUT2D eigenvalue weighted by atomic mass is 79.9. The highest BCUT2D eigenvalue weighted by Crippen LogP contribution is 2.21. The van der Waals surface area contributed by atoms with Gasteiger partial charge in [0.15, 0.2) is 0 Å². The molecule has 1 rings (SSSR count). The largest absolute Gasteiger partial charge is 0.356 e. The van der Waals surface area contributed by atoms with Crippen LogP contribution in [-0.2, 0) is 0 Å². The predicted octanol–water partition coefficient (Wildman–Crippen LogP) is 4.56. The van der Waals surface area contributed by atoms with Gasteiger partial charge >= 0.3 is 0 Å². The Labute approximate surface area is 114 Å². The summed E-state index contributed by atoms with van der Waals surface area (Å²) in [5.41, 5.74) is 1.26. The minimum atomic E-state index is 1.06. The second-order valence-corrected chi connectivity index (χ2v) is 5.40. The third-order valence-corrected chi connectivity index (χ3v) is 3.31. The summed E-state index contributed by atoms with van der Waals surface area (Å²) in [6.45, 7) is 8.84. The zero-order valence-corrected chi connectivity index (χ0v) is 12.8. The van der Waals surface area contributed by atoms with Crippen molar-refractivity contribution in [2.24, 2.45) is 0 Å². The van der Waals surface area contributed by atoms with Gasteiger partial charge in [-0.25, -0.2) is 4.98 Å². The van der Waals surface area contributed by atoms with Crippen molar-refractivity contribution in [1.29, 1.82) is 0 Å². The van der Waals surface area contributed by atoms with Crippen LogP contribution in [0.25, 0.3) is 0 Å². The third kappa shape index (κ3) is 4.66. The highest BCUT2D eigenvalue weighted by molar-refractivity contribution is 9.10. The van der Waals surface area contributed by atoms with Gasteiger partial charge in [-0.05, 0) is 47.3 Å². The molecule has 96 valence electrons. The summed E-state index contributed by atoms with van der Waals surface area (Å²) in [5.74, 6) is 1.15. The van der Waals surface area contributed by atoms with Crippen LogP contribution in [0.5, 0.6) is 0 Å². The molecule has 0 aliphatic carbocycles. The first-order chi connectivity index (χ1) is 8.19. The van der Waals surface area contributed by atoms with Crippen LogP contribution < -0.4 is 4.90 Å². The van der Waals surface area contributed by atoms with E-state index in [1.807, 2.05) is 6.20 Å². The predicted molar refractivity (Wildman–Crippen MR) is 78.7 cm³/mol. The van der Waals surface area contributed by atoms with E-state index >= 15 is 0 Å². The van der Waals surface area contributed by atoms with Gasteiger partial charge in [-0.3, -0.25) is 0 Å². The number of aryl methyl sites for hydroxylation is 1. The van der Waals surface area contributed by atoms with Crippen molar-refractivity contribution >= 4 is 21.7 Å². The highest BCUT2D eigenvalue weighted by Gasteiger charge is 2.10. The number of unbranched alkanes of at least 4 members (excludes halogenated alkanes) is 2. The van der Waals surface area contributed by atoms with Gasteiger partial charge < -0.3 is 4.90 Å². The van der Waals surface area contributed by atoms with Crippen LogP contribution in [0.1, 0.15) is 45.1 Å². The van der Waals surface area contributed by atoms with Gasteiger partial charge in [0.05, 0.1) is 0 Å². The molecule has 17 heavy (non-hydrogen) atoms. The molecule has 0 aromatic carbocycles. The number of rotatable bonds is 7. The Balaban J connectivity index is 2.79. The van der Waals surface area contributed by atoms with Crippen molar-refractivity contribution in [3.05, 3.63) is 22.3 Å². The molecule has 0 unspecified atom stereocenters. The number of hydrogen-bond donors (Lipinski definition) is 0. The zero-order valence-electron chi connectivity index (χ0n) is 11.2. The van der Waals surface area contributed by atoms with Gasteiger partial charge in [0.25, 0.3) is 0 Å². The van der Waals surface area contributed by atoms with Crippen LogP contribution in [0.2, 0.25) is 0 Å². The number of aromatic nitrogens is 1. The summed E-state index contributed by atoms with van der Waals surface area (Å²) in [5, 5.41) is 0. The number of hydrogen-bond acceptors (Lipinski definition) is 2. The van der Waals surface area contributed by atoms with E-state index in [0.717, 1.165) is 23.4 Å². The Bertz CT molecular complexity index is 331. The number of anilines is 1. The summed E-state index contributed by atoms with van der Waals surface area (Å²) in [7, 11) is 0. The van der Waals surface area contributed by atoms with Crippen molar-refractivity contribution in [3.63, 3.8) is 0 Å². The zero-order chi connectivity index (χ0) is 12.7. The van der Waals surface area contributed by atoms with E-state index in [-0.39, 0.29) is 0 Å². The van der Waals surface area contributed by atoms with E-state index in [2.05, 4.69) is 52.7 Å². The topological polar surface area (TPSA) is 16.1 Å². The Kier molecular flexibility index (Phi) is 6.56. The first-order valence-corrected chi connectivity index (χ1v) is 7.35. The molecule has 2 nitrogen and oxygen atoms in total. The summed E-state index contributed by atoms with van der Waals surface area (Å²) in [6.07, 6.45) is 6.84. The Morgan fingerprint density at radius 1 is 1.18 bits per heavy atom. The average Bonchev–Trinajstić information content (AvgIpc) is 2.30. The molecule has 0 aliphatic rings. The molecule has 0 radical (unpaired) electrons. The van der Waals surface area contributed by atoms with Gasteiger partial charge in [0.1, 0.15) is 5.82 Å². The van der Waals surface area contributed by atoms with Crippen LogP contribution in [0.3, 0.4) is 0 Å². The van der Waals surface area contributed by atoms with Crippen molar-refractivity contribution in [3.8, 4) is 0 Å². The monoisotopic (exact) mass is 298 g/mol. The molecule has 0 saturated heterocycles. The maximum atomic E-state index is 4.56. The van der Waals surface area contributed by atoms with Crippen LogP contribution in [0.15, 0.2) is 16.7 Å². The van der Waals surface area contributed by atoms with Crippen molar-refractivity contribution < 1.29 is 0 Å². The molecule has 1 heterocycles. The fraction of sp³-hybridized carbons (Fsp3) is 0.643. The summed E-state index contributed by atoms with van der Waals surface area (Å²) in [6, 6.07) is 2.15. The van der Waals surface area contributed by atoms with E-state index in [0.29, 0.717) is 0 Å². The maximum Gasteiger partial charge on any atom is 0.131 e. The van der Waals surface area contributed by atoms with Crippen LogP contribution in [0.4, 0.5) is 5.82 Å². The number of halogens is 1. The number of pyridine rings is 1. The van der Waals surface area contributed by atoms with Crippen LogP contribution in [-0.4, -0.2) is 18.1 Å². The molecule has 1 aromatic heterocycles. The lowest BCUT2D eigenvalue weighted by atomic mass is 10.2. The molecule has 0 spiro atoms. The molecule has 0 atom stereocenters. The first-order valence-electron chi connectivity index (χ1n) is 6.56. The normalized spacial score (nSPS) is 10.6. The molecule has 0 aliphatic heterocycles. The Morgan fingerprint density at radius 3 is 2.24 bits per heavy atom. The first kappa shape index (κ1) is 14.5. The second-order valence-electron chi connectivity index (χ2n) is 4.49. The van der Waals surface area contributed by atoms with E-state index in [9.17, 15) is 0 Å².